The summed E-state index contributed by atoms with van der Waals surface area (Å²) in [7, 11) is 0. The Morgan fingerprint density at radius 1 is 1.35 bits per heavy atom. The normalized spacial score (nSPS) is 11.5. The van der Waals surface area contributed by atoms with Gasteiger partial charge in [-0.25, -0.2) is 4.79 Å². The minimum Gasteiger partial charge on any atom is -0.446 e. The largest absolute Gasteiger partial charge is 0.446 e. The molecular formula is C15H18O2. The molecule has 0 fully saturated rings. The highest BCUT2D eigenvalue weighted by atomic mass is 16.5. The molecule has 0 spiro atoms. The highest BCUT2D eigenvalue weighted by Gasteiger charge is 2.12. The van der Waals surface area contributed by atoms with Crippen LogP contribution in [0, 0.1) is 12.3 Å². The molecular weight excluding hydrogens is 212 g/mol. The highest BCUT2D eigenvalue weighted by Crippen LogP contribution is 2.09. The van der Waals surface area contributed by atoms with E-state index in [1.165, 1.54) is 0 Å². The molecule has 0 saturated heterocycles. The number of terminal acetylenes is 1. The van der Waals surface area contributed by atoms with Gasteiger partial charge in [-0.3, -0.25) is 0 Å². The second-order valence-electron chi connectivity index (χ2n) is 3.92. The van der Waals surface area contributed by atoms with Crippen LogP contribution in [0.2, 0.25) is 0 Å². The first kappa shape index (κ1) is 13.3. The van der Waals surface area contributed by atoms with E-state index in [1.807, 2.05) is 6.07 Å². The van der Waals surface area contributed by atoms with E-state index in [4.69, 9.17) is 11.2 Å². The van der Waals surface area contributed by atoms with Crippen molar-refractivity contribution >= 4 is 5.97 Å². The zero-order valence-corrected chi connectivity index (χ0v) is 10.2. The molecule has 2 heteroatoms. The quantitative estimate of drug-likeness (QED) is 0.425. The van der Waals surface area contributed by atoms with Gasteiger partial charge in [0.15, 0.2) is 6.10 Å². The third-order valence-corrected chi connectivity index (χ3v) is 2.51. The molecule has 0 aromatic heterocycles. The van der Waals surface area contributed by atoms with Gasteiger partial charge in [0, 0.05) is 0 Å². The molecule has 17 heavy (non-hydrogen) atoms. The summed E-state index contributed by atoms with van der Waals surface area (Å²) in [5.74, 6) is 2.18. The number of carbonyl (C=O) groups is 1. The molecule has 0 amide bonds. The van der Waals surface area contributed by atoms with Crippen LogP contribution >= 0.6 is 0 Å². The fourth-order valence-electron chi connectivity index (χ4n) is 1.53. The number of ether oxygens (including phenoxy) is 1. The highest BCUT2D eigenvalue weighted by molar-refractivity contribution is 5.89. The van der Waals surface area contributed by atoms with Gasteiger partial charge in [-0.15, -0.1) is 6.42 Å². The predicted octanol–water partition coefficient (Wildman–Crippen LogP) is 3.43. The van der Waals surface area contributed by atoms with Gasteiger partial charge < -0.3 is 4.74 Å². The van der Waals surface area contributed by atoms with E-state index in [2.05, 4.69) is 12.8 Å². The van der Waals surface area contributed by atoms with Gasteiger partial charge in [-0.05, 0) is 25.0 Å². The van der Waals surface area contributed by atoms with Crippen LogP contribution in [0.4, 0.5) is 0 Å². The number of rotatable bonds is 6. The van der Waals surface area contributed by atoms with Crippen molar-refractivity contribution in [2.75, 3.05) is 0 Å². The van der Waals surface area contributed by atoms with Crippen molar-refractivity contribution in [3.63, 3.8) is 0 Å². The van der Waals surface area contributed by atoms with Crippen molar-refractivity contribution in [1.29, 1.82) is 0 Å². The van der Waals surface area contributed by atoms with Crippen LogP contribution in [-0.4, -0.2) is 12.1 Å². The van der Waals surface area contributed by atoms with E-state index in [0.717, 1.165) is 25.7 Å². The Bertz CT molecular complexity index is 376. The third-order valence-electron chi connectivity index (χ3n) is 2.51. The maximum absolute atomic E-state index is 11.7. The predicted molar refractivity (Wildman–Crippen MR) is 68.6 cm³/mol. The second kappa shape index (κ2) is 7.51. The summed E-state index contributed by atoms with van der Waals surface area (Å²) in [6.45, 7) is 2.13. The van der Waals surface area contributed by atoms with E-state index < -0.39 is 6.10 Å². The van der Waals surface area contributed by atoms with Gasteiger partial charge in [0.25, 0.3) is 0 Å². The molecule has 0 radical (unpaired) electrons. The summed E-state index contributed by atoms with van der Waals surface area (Å²) in [4.78, 5) is 11.7. The van der Waals surface area contributed by atoms with Crippen LogP contribution in [0.1, 0.15) is 43.0 Å². The smallest absolute Gasteiger partial charge is 0.339 e. The van der Waals surface area contributed by atoms with E-state index in [1.54, 1.807) is 24.3 Å². The zero-order chi connectivity index (χ0) is 12.5. The number of unbranched alkanes of at least 4 members (excludes halogenated alkanes) is 2. The van der Waals surface area contributed by atoms with Crippen molar-refractivity contribution in [3.05, 3.63) is 35.9 Å². The van der Waals surface area contributed by atoms with Crippen LogP contribution in [-0.2, 0) is 4.74 Å². The molecule has 0 aliphatic rings. The molecule has 1 aromatic rings. The number of esters is 1. The zero-order valence-electron chi connectivity index (χ0n) is 10.2. The Kier molecular flexibility index (Phi) is 5.88. The Balaban J connectivity index is 2.46. The Hall–Kier alpha value is -1.75. The van der Waals surface area contributed by atoms with Crippen LogP contribution < -0.4 is 0 Å². The lowest BCUT2D eigenvalue weighted by Crippen LogP contribution is -2.16. The van der Waals surface area contributed by atoms with Gasteiger partial charge in [0.05, 0.1) is 5.56 Å². The monoisotopic (exact) mass is 230 g/mol. The Morgan fingerprint density at radius 2 is 2.06 bits per heavy atom. The minimum atomic E-state index is -0.408. The fourth-order valence-corrected chi connectivity index (χ4v) is 1.53. The van der Waals surface area contributed by atoms with E-state index >= 15 is 0 Å². The van der Waals surface area contributed by atoms with Gasteiger partial charge in [-0.2, -0.15) is 0 Å². The first-order valence-corrected chi connectivity index (χ1v) is 6.00. The lowest BCUT2D eigenvalue weighted by molar-refractivity contribution is 0.0393. The minimum absolute atomic E-state index is 0.343. The third kappa shape index (κ3) is 4.74. The summed E-state index contributed by atoms with van der Waals surface area (Å²) in [5.41, 5.74) is 0.545. The number of hydrogen-bond acceptors (Lipinski definition) is 2. The first-order valence-electron chi connectivity index (χ1n) is 6.00. The standard InChI is InChI=1S/C15H18O2/c1-3-5-7-12-14(4-2)17-15(16)13-10-8-6-9-11-13/h2,6,8-11,14H,3,5,7,12H2,1H3/t14-/m1/s1. The van der Waals surface area contributed by atoms with Crippen LogP contribution in [0.15, 0.2) is 30.3 Å². The van der Waals surface area contributed by atoms with E-state index in [-0.39, 0.29) is 5.97 Å². The van der Waals surface area contributed by atoms with Gasteiger partial charge >= 0.3 is 5.97 Å². The molecule has 0 aliphatic heterocycles. The van der Waals surface area contributed by atoms with E-state index in [9.17, 15) is 4.79 Å². The average molecular weight is 230 g/mol. The molecule has 0 N–H and O–H groups in total. The SMILES string of the molecule is C#C[C@H](CCCCC)OC(=O)c1ccccc1. The summed E-state index contributed by atoms with van der Waals surface area (Å²) in [6.07, 6.45) is 8.92. The summed E-state index contributed by atoms with van der Waals surface area (Å²) in [5, 5.41) is 0. The number of carbonyl (C=O) groups excluding carboxylic acids is 1. The summed E-state index contributed by atoms with van der Waals surface area (Å²) >= 11 is 0. The van der Waals surface area contributed by atoms with Crippen molar-refractivity contribution in [1.82, 2.24) is 0 Å². The second-order valence-corrected chi connectivity index (χ2v) is 3.92. The first-order chi connectivity index (χ1) is 8.27. The Morgan fingerprint density at radius 3 is 2.65 bits per heavy atom. The summed E-state index contributed by atoms with van der Waals surface area (Å²) in [6, 6.07) is 8.91. The van der Waals surface area contributed by atoms with Gasteiger partial charge in [0.2, 0.25) is 0 Å². The molecule has 90 valence electrons. The fraction of sp³-hybridized carbons (Fsp3) is 0.400. The van der Waals surface area contributed by atoms with Crippen molar-refractivity contribution in [3.8, 4) is 12.3 Å². The molecule has 0 unspecified atom stereocenters. The van der Waals surface area contributed by atoms with Crippen LogP contribution in [0.25, 0.3) is 0 Å². The lowest BCUT2D eigenvalue weighted by Gasteiger charge is -2.11. The molecule has 1 aromatic carbocycles. The van der Waals surface area contributed by atoms with Crippen LogP contribution in [0.5, 0.6) is 0 Å². The average Bonchev–Trinajstić information content (AvgIpc) is 2.38. The molecule has 2 nitrogen and oxygen atoms in total. The maximum atomic E-state index is 11.7. The van der Waals surface area contributed by atoms with Crippen molar-refractivity contribution < 1.29 is 9.53 Å². The molecule has 0 bridgehead atoms. The van der Waals surface area contributed by atoms with Crippen LogP contribution in [0.3, 0.4) is 0 Å². The number of hydrogen-bond donors (Lipinski definition) is 0. The maximum Gasteiger partial charge on any atom is 0.339 e. The molecule has 0 aliphatic carbocycles. The van der Waals surface area contributed by atoms with Gasteiger partial charge in [-0.1, -0.05) is 43.9 Å². The van der Waals surface area contributed by atoms with Gasteiger partial charge in [0.1, 0.15) is 0 Å². The molecule has 0 saturated carbocycles. The lowest BCUT2D eigenvalue weighted by atomic mass is 10.1. The Labute approximate surface area is 103 Å². The molecule has 1 rings (SSSR count). The van der Waals surface area contributed by atoms with Crippen molar-refractivity contribution in [2.24, 2.45) is 0 Å². The van der Waals surface area contributed by atoms with Crippen molar-refractivity contribution in [2.45, 2.75) is 38.7 Å². The van der Waals surface area contributed by atoms with E-state index in [0.29, 0.717) is 5.56 Å². The topological polar surface area (TPSA) is 26.3 Å². The molecule has 1 atom stereocenters. The number of benzene rings is 1. The molecule has 0 heterocycles. The summed E-state index contributed by atoms with van der Waals surface area (Å²) < 4.78 is 5.26.